The van der Waals surface area contributed by atoms with Crippen LogP contribution >= 0.6 is 0 Å². The van der Waals surface area contributed by atoms with E-state index in [1.54, 1.807) is 0 Å². The van der Waals surface area contributed by atoms with Crippen molar-refractivity contribution in [1.82, 2.24) is 5.32 Å². The standard InChI is InChI=1S/C8H15N/c1-9-8-5-6-2-3-7(8)4-6/h6-9H,2-5H2,1H3/t6?,7?,8-/m0/s1. The van der Waals surface area contributed by atoms with Gasteiger partial charge >= 0.3 is 0 Å². The molecular weight excluding hydrogens is 110 g/mol. The van der Waals surface area contributed by atoms with Crippen molar-refractivity contribution in [2.75, 3.05) is 7.05 Å². The maximum atomic E-state index is 3.40. The second-order valence-electron chi connectivity index (χ2n) is 3.57. The Labute approximate surface area is 56.8 Å². The van der Waals surface area contributed by atoms with Crippen molar-refractivity contribution in [3.05, 3.63) is 0 Å². The molecule has 1 nitrogen and oxygen atoms in total. The van der Waals surface area contributed by atoms with Crippen molar-refractivity contribution in [3.63, 3.8) is 0 Å². The minimum atomic E-state index is 0.878. The normalized spacial score (nSPS) is 48.3. The number of fused-ring (bicyclic) bond motifs is 2. The lowest BCUT2D eigenvalue weighted by Gasteiger charge is -2.20. The molecule has 2 saturated carbocycles. The Hall–Kier alpha value is -0.0400. The fraction of sp³-hybridized carbons (Fsp3) is 1.00. The Morgan fingerprint density at radius 1 is 1.22 bits per heavy atom. The van der Waals surface area contributed by atoms with E-state index in [4.69, 9.17) is 0 Å². The first kappa shape index (κ1) is 5.72. The summed E-state index contributed by atoms with van der Waals surface area (Å²) in [6.07, 6.45) is 5.99. The van der Waals surface area contributed by atoms with Gasteiger partial charge in [-0.2, -0.15) is 0 Å². The van der Waals surface area contributed by atoms with Gasteiger partial charge in [-0.25, -0.2) is 0 Å². The Kier molecular flexibility index (Phi) is 1.26. The Morgan fingerprint density at radius 2 is 2.11 bits per heavy atom. The third-order valence-corrected chi connectivity index (χ3v) is 3.11. The quantitative estimate of drug-likeness (QED) is 0.558. The summed E-state index contributed by atoms with van der Waals surface area (Å²) < 4.78 is 0. The Balaban J connectivity index is 2.01. The topological polar surface area (TPSA) is 12.0 Å². The van der Waals surface area contributed by atoms with Crippen LogP contribution in [0.25, 0.3) is 0 Å². The van der Waals surface area contributed by atoms with E-state index in [9.17, 15) is 0 Å². The minimum Gasteiger partial charge on any atom is -0.317 e. The first-order valence-electron chi connectivity index (χ1n) is 4.07. The third-order valence-electron chi connectivity index (χ3n) is 3.11. The van der Waals surface area contributed by atoms with E-state index in [0.29, 0.717) is 0 Å². The summed E-state index contributed by atoms with van der Waals surface area (Å²) >= 11 is 0. The van der Waals surface area contributed by atoms with E-state index in [2.05, 4.69) is 12.4 Å². The zero-order valence-corrected chi connectivity index (χ0v) is 6.06. The van der Waals surface area contributed by atoms with Crippen LogP contribution < -0.4 is 5.32 Å². The molecule has 2 unspecified atom stereocenters. The molecule has 0 heterocycles. The second-order valence-corrected chi connectivity index (χ2v) is 3.57. The maximum Gasteiger partial charge on any atom is 0.00950 e. The highest BCUT2D eigenvalue weighted by Gasteiger charge is 2.38. The molecule has 52 valence electrons. The van der Waals surface area contributed by atoms with Crippen LogP contribution in [0.3, 0.4) is 0 Å². The van der Waals surface area contributed by atoms with Gasteiger partial charge < -0.3 is 5.32 Å². The van der Waals surface area contributed by atoms with Crippen molar-refractivity contribution in [1.29, 1.82) is 0 Å². The highest BCUT2D eigenvalue weighted by Crippen LogP contribution is 2.44. The average molecular weight is 125 g/mol. The molecule has 0 saturated heterocycles. The van der Waals surface area contributed by atoms with Crippen LogP contribution in [0.2, 0.25) is 0 Å². The van der Waals surface area contributed by atoms with Gasteiger partial charge in [0.15, 0.2) is 0 Å². The zero-order valence-electron chi connectivity index (χ0n) is 6.06. The lowest BCUT2D eigenvalue weighted by Crippen LogP contribution is -2.30. The number of nitrogens with one attached hydrogen (secondary N) is 1. The first-order chi connectivity index (χ1) is 4.40. The van der Waals surface area contributed by atoms with Crippen LogP contribution in [0.15, 0.2) is 0 Å². The van der Waals surface area contributed by atoms with Crippen LogP contribution in [-0.4, -0.2) is 13.1 Å². The van der Waals surface area contributed by atoms with Crippen molar-refractivity contribution >= 4 is 0 Å². The van der Waals surface area contributed by atoms with Crippen LogP contribution in [0.4, 0.5) is 0 Å². The highest BCUT2D eigenvalue weighted by atomic mass is 14.9. The first-order valence-corrected chi connectivity index (χ1v) is 4.07. The minimum absolute atomic E-state index is 0.878. The van der Waals surface area contributed by atoms with Gasteiger partial charge in [0, 0.05) is 6.04 Å². The van der Waals surface area contributed by atoms with E-state index in [1.165, 1.54) is 25.7 Å². The molecule has 1 heteroatoms. The average Bonchev–Trinajstić information content (AvgIpc) is 2.45. The van der Waals surface area contributed by atoms with Gasteiger partial charge in [-0.1, -0.05) is 6.42 Å². The van der Waals surface area contributed by atoms with Crippen molar-refractivity contribution in [3.8, 4) is 0 Å². The summed E-state index contributed by atoms with van der Waals surface area (Å²) in [7, 11) is 2.10. The van der Waals surface area contributed by atoms with Crippen molar-refractivity contribution < 1.29 is 0 Å². The SMILES string of the molecule is CN[C@H]1CC2CCC1C2. The fourth-order valence-corrected chi connectivity index (χ4v) is 2.60. The molecule has 0 aromatic carbocycles. The number of hydrogen-bond donors (Lipinski definition) is 1. The second kappa shape index (κ2) is 1.98. The van der Waals surface area contributed by atoms with Gasteiger partial charge in [-0.3, -0.25) is 0 Å². The molecule has 0 spiro atoms. The highest BCUT2D eigenvalue weighted by molar-refractivity contribution is 4.93. The van der Waals surface area contributed by atoms with Gasteiger partial charge in [0.2, 0.25) is 0 Å². The largest absolute Gasteiger partial charge is 0.317 e. The summed E-state index contributed by atoms with van der Waals surface area (Å²) in [4.78, 5) is 0. The molecular formula is C8H15N. The predicted octanol–water partition coefficient (Wildman–Crippen LogP) is 1.39. The predicted molar refractivity (Wildman–Crippen MR) is 38.3 cm³/mol. The fourth-order valence-electron chi connectivity index (χ4n) is 2.60. The van der Waals surface area contributed by atoms with E-state index in [1.807, 2.05) is 0 Å². The van der Waals surface area contributed by atoms with E-state index >= 15 is 0 Å². The molecule has 2 fully saturated rings. The summed E-state index contributed by atoms with van der Waals surface area (Å²) in [6.45, 7) is 0. The van der Waals surface area contributed by atoms with Crippen LogP contribution in [-0.2, 0) is 0 Å². The van der Waals surface area contributed by atoms with E-state index in [-0.39, 0.29) is 0 Å². The van der Waals surface area contributed by atoms with Gasteiger partial charge in [0.25, 0.3) is 0 Å². The molecule has 1 N–H and O–H groups in total. The summed E-state index contributed by atoms with van der Waals surface area (Å²) in [5, 5.41) is 3.40. The zero-order chi connectivity index (χ0) is 6.27. The van der Waals surface area contributed by atoms with Gasteiger partial charge in [-0.05, 0) is 38.1 Å². The van der Waals surface area contributed by atoms with Crippen LogP contribution in [0, 0.1) is 11.8 Å². The smallest absolute Gasteiger partial charge is 0.00950 e. The van der Waals surface area contributed by atoms with Gasteiger partial charge in [-0.15, -0.1) is 0 Å². The van der Waals surface area contributed by atoms with Gasteiger partial charge in [0.1, 0.15) is 0 Å². The number of rotatable bonds is 1. The molecule has 0 amide bonds. The molecule has 0 aliphatic heterocycles. The molecule has 0 aromatic rings. The molecule has 3 atom stereocenters. The molecule has 2 aliphatic rings. The number of hydrogen-bond acceptors (Lipinski definition) is 1. The van der Waals surface area contributed by atoms with Crippen LogP contribution in [0.5, 0.6) is 0 Å². The Bertz CT molecular complexity index is 111. The molecule has 2 aliphatic carbocycles. The van der Waals surface area contributed by atoms with Crippen molar-refractivity contribution in [2.45, 2.75) is 31.7 Å². The molecule has 0 aromatic heterocycles. The molecule has 2 bridgehead atoms. The summed E-state index contributed by atoms with van der Waals surface area (Å²) in [5.41, 5.74) is 0. The third kappa shape index (κ3) is 0.787. The molecule has 0 radical (unpaired) electrons. The van der Waals surface area contributed by atoms with Crippen molar-refractivity contribution in [2.24, 2.45) is 11.8 Å². The summed E-state index contributed by atoms with van der Waals surface area (Å²) in [5.74, 6) is 2.13. The van der Waals surface area contributed by atoms with Gasteiger partial charge in [0.05, 0.1) is 0 Å². The molecule has 9 heavy (non-hydrogen) atoms. The lowest BCUT2D eigenvalue weighted by atomic mass is 9.96. The summed E-state index contributed by atoms with van der Waals surface area (Å²) in [6, 6.07) is 0.878. The molecule has 2 rings (SSSR count). The van der Waals surface area contributed by atoms with E-state index in [0.717, 1.165) is 17.9 Å². The lowest BCUT2D eigenvalue weighted by molar-refractivity contribution is 0.372. The van der Waals surface area contributed by atoms with E-state index < -0.39 is 0 Å². The Morgan fingerprint density at radius 3 is 2.44 bits per heavy atom. The monoisotopic (exact) mass is 125 g/mol. The van der Waals surface area contributed by atoms with Crippen LogP contribution in [0.1, 0.15) is 25.7 Å². The maximum absolute atomic E-state index is 3.40.